The van der Waals surface area contributed by atoms with Crippen LogP contribution in [0.25, 0.3) is 6.08 Å². The summed E-state index contributed by atoms with van der Waals surface area (Å²) in [5.41, 5.74) is 49.8. The number of ether oxygens (including phenoxy) is 1. The number of rotatable bonds is 30. The number of aliphatic hydroxyl groups is 1. The van der Waals surface area contributed by atoms with Crippen LogP contribution >= 0.6 is 11.8 Å². The van der Waals surface area contributed by atoms with Crippen LogP contribution in [0.3, 0.4) is 0 Å². The first-order valence-corrected chi connectivity index (χ1v) is 21.4. The molecule has 1 aliphatic rings. The molecular formula is C38H63N18O8S+. The molecule has 65 heavy (non-hydrogen) atoms. The Morgan fingerprint density at radius 3 is 1.40 bits per heavy atom. The number of benzene rings is 1. The Morgan fingerprint density at radius 1 is 0.615 bits per heavy atom. The fourth-order valence-electron chi connectivity index (χ4n) is 5.85. The van der Waals surface area contributed by atoms with Crippen LogP contribution in [0.5, 0.6) is 5.75 Å². The van der Waals surface area contributed by atoms with Crippen LogP contribution in [0, 0.1) is 0 Å². The second kappa shape index (κ2) is 29.1. The lowest BCUT2D eigenvalue weighted by Crippen LogP contribution is -2.73. The van der Waals surface area contributed by atoms with Crippen LogP contribution in [0.1, 0.15) is 69.8 Å². The zero-order valence-corrected chi connectivity index (χ0v) is 36.8. The number of hydrogen-bond acceptors (Lipinski definition) is 12. The van der Waals surface area contributed by atoms with Gasteiger partial charge in [0.2, 0.25) is 29.5 Å². The van der Waals surface area contributed by atoms with Crippen molar-refractivity contribution in [3.63, 3.8) is 0 Å². The molecule has 0 aromatic heterocycles. The van der Waals surface area contributed by atoms with Gasteiger partial charge in [0, 0.05) is 44.4 Å². The van der Waals surface area contributed by atoms with Gasteiger partial charge in [-0.1, -0.05) is 12.1 Å². The maximum Gasteiger partial charge on any atom is 0.428 e. The highest BCUT2D eigenvalue weighted by molar-refractivity contribution is 8.17. The topological polar surface area (TPSA) is 478 Å². The Balaban J connectivity index is 2.21. The quantitative estimate of drug-likeness (QED) is 0.0148. The third-order valence-corrected chi connectivity index (χ3v) is 9.82. The van der Waals surface area contributed by atoms with Crippen LogP contribution in [-0.4, -0.2) is 127 Å². The minimum Gasteiger partial charge on any atom is -0.494 e. The van der Waals surface area contributed by atoms with Crippen molar-refractivity contribution >= 4 is 82.3 Å². The molecule has 0 saturated carbocycles. The third kappa shape index (κ3) is 23.1. The monoisotopic (exact) mass is 931 g/mol. The number of aliphatic hydroxyl groups excluding tert-OH is 1. The van der Waals surface area contributed by atoms with Crippen molar-refractivity contribution in [2.45, 2.75) is 88.4 Å². The number of carbonyl (C=O) groups is 6. The minimum atomic E-state index is -1.27. The maximum absolute atomic E-state index is 14.0. The molecule has 358 valence electrons. The van der Waals surface area contributed by atoms with E-state index in [1.54, 1.807) is 30.3 Å². The first-order valence-electron chi connectivity index (χ1n) is 20.6. The molecule has 0 radical (unpaired) electrons. The van der Waals surface area contributed by atoms with Gasteiger partial charge in [-0.25, -0.2) is 4.79 Å². The van der Waals surface area contributed by atoms with Crippen LogP contribution in [-0.2, 0) is 28.8 Å². The second-order valence-electron chi connectivity index (χ2n) is 14.4. The lowest BCUT2D eigenvalue weighted by molar-refractivity contribution is -0.374. The molecule has 4 atom stereocenters. The Kier molecular flexibility index (Phi) is 24.1. The van der Waals surface area contributed by atoms with E-state index in [1.165, 1.54) is 0 Å². The van der Waals surface area contributed by atoms with Gasteiger partial charge in [-0.2, -0.15) is 0 Å². The number of nitrogens with one attached hydrogen (secondary N) is 5. The van der Waals surface area contributed by atoms with Gasteiger partial charge >= 0.3 is 11.1 Å². The fraction of sp³-hybridized carbons (Fsp3) is 0.500. The molecule has 0 aliphatic carbocycles. The lowest BCUT2D eigenvalue weighted by Gasteiger charge is -2.26. The summed E-state index contributed by atoms with van der Waals surface area (Å²) in [6, 6.07) is 2.00. The summed E-state index contributed by atoms with van der Waals surface area (Å²) >= 11 is 0.916. The van der Waals surface area contributed by atoms with E-state index in [0.29, 0.717) is 22.6 Å². The average Bonchev–Trinajstić information content (AvgIpc) is 3.55. The van der Waals surface area contributed by atoms with Gasteiger partial charge in [0.1, 0.15) is 34.8 Å². The number of amides is 6. The number of carbonyl (C=O) groups excluding carboxylic acids is 6. The van der Waals surface area contributed by atoms with E-state index in [4.69, 9.17) is 56.3 Å². The number of nitrogens with two attached hydrogens (primary N) is 9. The summed E-state index contributed by atoms with van der Waals surface area (Å²) in [5, 5.41) is 19.9. The van der Waals surface area contributed by atoms with Crippen molar-refractivity contribution < 1.29 is 43.6 Å². The fourth-order valence-corrected chi connectivity index (χ4v) is 6.54. The van der Waals surface area contributed by atoms with Crippen molar-refractivity contribution in [3.8, 4) is 5.75 Å². The number of primary amides is 1. The van der Waals surface area contributed by atoms with E-state index in [-0.39, 0.29) is 120 Å². The van der Waals surface area contributed by atoms with Crippen molar-refractivity contribution in [2.75, 3.05) is 32.8 Å². The van der Waals surface area contributed by atoms with Gasteiger partial charge in [0.15, 0.2) is 23.8 Å². The van der Waals surface area contributed by atoms with Crippen molar-refractivity contribution in [1.29, 1.82) is 0 Å². The van der Waals surface area contributed by atoms with Crippen molar-refractivity contribution in [1.82, 2.24) is 21.3 Å². The predicted octanol–water partition coefficient (Wildman–Crippen LogP) is -5.91. The molecule has 1 aromatic rings. The van der Waals surface area contributed by atoms with Gasteiger partial charge in [-0.3, -0.25) is 43.9 Å². The van der Waals surface area contributed by atoms with Crippen LogP contribution < -0.4 is 82.6 Å². The van der Waals surface area contributed by atoms with E-state index >= 15 is 0 Å². The van der Waals surface area contributed by atoms with Gasteiger partial charge in [-0.15, -0.1) is 4.99 Å². The molecule has 27 heteroatoms. The largest absolute Gasteiger partial charge is 0.494 e. The molecular weight excluding hydrogens is 869 g/mol. The van der Waals surface area contributed by atoms with Gasteiger partial charge in [0.25, 0.3) is 0 Å². The summed E-state index contributed by atoms with van der Waals surface area (Å²) in [7, 11) is 0. The molecule has 0 fully saturated rings. The van der Waals surface area contributed by atoms with Crippen molar-refractivity contribution in [2.24, 2.45) is 71.6 Å². The van der Waals surface area contributed by atoms with E-state index in [1.807, 2.05) is 0 Å². The Bertz CT molecular complexity index is 1960. The molecule has 1 aromatic carbocycles. The molecule has 24 N–H and O–H groups in total. The smallest absolute Gasteiger partial charge is 0.428 e. The number of aliphatic imine (C=N–C) groups is 4. The van der Waals surface area contributed by atoms with Crippen LogP contribution in [0.2, 0.25) is 0 Å². The summed E-state index contributed by atoms with van der Waals surface area (Å²) in [6.45, 7) is 0.643. The third-order valence-electron chi connectivity index (χ3n) is 9.00. The normalized spacial score (nSPS) is 14.3. The van der Waals surface area contributed by atoms with Crippen molar-refractivity contribution in [3.05, 3.63) is 34.7 Å². The summed E-state index contributed by atoms with van der Waals surface area (Å²) in [4.78, 5) is 97.1. The van der Waals surface area contributed by atoms with Gasteiger partial charge in [0.05, 0.1) is 6.61 Å². The second-order valence-corrected chi connectivity index (χ2v) is 15.4. The molecule has 26 nitrogen and oxygen atoms in total. The van der Waals surface area contributed by atoms with Gasteiger partial charge < -0.3 is 82.7 Å². The van der Waals surface area contributed by atoms with E-state index in [2.05, 4.69) is 46.2 Å². The molecule has 0 bridgehead atoms. The first-order chi connectivity index (χ1) is 30.8. The van der Waals surface area contributed by atoms with Gasteiger partial charge in [-0.05, 0) is 81.6 Å². The molecule has 1 aliphatic heterocycles. The highest BCUT2D eigenvalue weighted by Crippen LogP contribution is 2.22. The SMILES string of the molecule is NC(=O)[C@H](CCCN=C(N)N)NC(=O)[C@H](CCCN=C(N)N)NC(=O)[C@H](CCCN=C(N)N)NC(=O)[C@H](CCCN=C(N)N)NC(=O)CCCOc1ccc(/C=C2\SC(O)=[NH+]C2=O)cc1. The molecule has 0 spiro atoms. The average molecular weight is 932 g/mol. The van der Waals surface area contributed by atoms with Crippen LogP contribution in [0.15, 0.2) is 49.1 Å². The number of guanidine groups is 4. The zero-order valence-electron chi connectivity index (χ0n) is 36.0. The zero-order chi connectivity index (χ0) is 48.3. The molecule has 0 unspecified atom stereocenters. The van der Waals surface area contributed by atoms with E-state index in [9.17, 15) is 33.9 Å². The standard InChI is InChI=1S/C38H62N18O8S/c39-29(58)23(6-1-15-48-34(40)41)53-31(60)25(8-3-17-50-36(44)45)55-32(61)26(9-4-18-51-37(46)47)54-30(59)24(7-2-16-49-35(42)43)52-28(57)10-5-19-64-22-13-11-21(12-14-22)20-27-33(62)56-38(63)65-27/h11-14,20,23-26H,1-10,15-19H2,(H2,39,58)(H,52,57)(H,53,60)(H,54,59)(H,55,61)(H4,40,41,48)(H4,42,43,49)(H4,44,45,50)(H4,46,47,51)(H,56,62,63)/p+1/b27-20-/t23-,24-,25-,26-/m0/s1. The highest BCUT2D eigenvalue weighted by Gasteiger charge is 2.31. The van der Waals surface area contributed by atoms with E-state index in [0.717, 1.165) is 11.8 Å². The predicted molar refractivity (Wildman–Crippen MR) is 247 cm³/mol. The molecule has 6 amide bonds. The maximum atomic E-state index is 14.0. The Morgan fingerprint density at radius 2 is 1.02 bits per heavy atom. The molecule has 0 saturated heterocycles. The molecule has 1 heterocycles. The summed E-state index contributed by atoms with van der Waals surface area (Å²) in [6.07, 6.45) is 2.98. The summed E-state index contributed by atoms with van der Waals surface area (Å²) < 4.78 is 5.77. The highest BCUT2D eigenvalue weighted by atomic mass is 32.2. The van der Waals surface area contributed by atoms with E-state index < -0.39 is 59.6 Å². The minimum absolute atomic E-state index is 0.00355. The lowest BCUT2D eigenvalue weighted by atomic mass is 10.0. The molecule has 2 rings (SSSR count). The Hall–Kier alpha value is -7.32. The number of thioether (sulfide) groups is 1. The first kappa shape index (κ1) is 53.8. The van der Waals surface area contributed by atoms with Crippen LogP contribution in [0.4, 0.5) is 0 Å². The number of nitrogens with zero attached hydrogens (tertiary/aromatic N) is 4. The summed E-state index contributed by atoms with van der Waals surface area (Å²) in [5.74, 6) is -4.16. The number of hydrogen-bond donors (Lipinski definition) is 15. The Labute approximate surface area is 379 Å².